The average molecular weight is 184 g/mol. The van der Waals surface area contributed by atoms with Crippen molar-refractivity contribution >= 4 is 8.07 Å². The molecule has 0 aliphatic carbocycles. The van der Waals surface area contributed by atoms with E-state index in [-0.39, 0.29) is 6.10 Å². The molecule has 70 valence electrons. The van der Waals surface area contributed by atoms with Crippen LogP contribution in [0, 0.1) is 0 Å². The van der Waals surface area contributed by atoms with Crippen LogP contribution in [0.4, 0.5) is 0 Å². The van der Waals surface area contributed by atoms with E-state index in [1.165, 1.54) is 0 Å². The monoisotopic (exact) mass is 184 g/mol. The number of aliphatic hydroxyl groups excluding tert-OH is 1. The maximum absolute atomic E-state index is 9.55. The predicted octanol–water partition coefficient (Wildman–Crippen LogP) is 2.75. The van der Waals surface area contributed by atoms with Gasteiger partial charge in [-0.05, 0) is 19.4 Å². The third-order valence-corrected chi connectivity index (χ3v) is 2.89. The van der Waals surface area contributed by atoms with Crippen molar-refractivity contribution in [2.24, 2.45) is 0 Å². The number of hydrogen-bond acceptors (Lipinski definition) is 1. The Morgan fingerprint density at radius 3 is 2.17 bits per heavy atom. The van der Waals surface area contributed by atoms with Gasteiger partial charge in [0.1, 0.15) is 0 Å². The maximum Gasteiger partial charge on any atom is 0.0925 e. The number of rotatable bonds is 3. The lowest BCUT2D eigenvalue weighted by Gasteiger charge is -2.11. The molecule has 0 heterocycles. The van der Waals surface area contributed by atoms with Crippen LogP contribution in [-0.2, 0) is 0 Å². The van der Waals surface area contributed by atoms with E-state index in [2.05, 4.69) is 25.3 Å². The molecular formula is C10H20OSi. The molecule has 0 aliphatic heterocycles. The summed E-state index contributed by atoms with van der Waals surface area (Å²) in [7, 11) is -1.15. The Bertz CT molecular complexity index is 187. The van der Waals surface area contributed by atoms with Crippen LogP contribution < -0.4 is 0 Å². The van der Waals surface area contributed by atoms with Crippen LogP contribution in [-0.4, -0.2) is 19.3 Å². The summed E-state index contributed by atoms with van der Waals surface area (Å²) in [5.74, 6) is 0. The van der Waals surface area contributed by atoms with Gasteiger partial charge in [0.2, 0.25) is 0 Å². The molecule has 0 radical (unpaired) electrons. The Hall–Kier alpha value is -0.343. The lowest BCUT2D eigenvalue weighted by atomic mass is 10.2. The van der Waals surface area contributed by atoms with Gasteiger partial charge in [0.05, 0.1) is 14.2 Å². The molecule has 0 saturated carbocycles. The minimum atomic E-state index is -1.15. The van der Waals surface area contributed by atoms with Crippen LogP contribution in [0.15, 0.2) is 23.4 Å². The molecule has 2 heteroatoms. The zero-order valence-corrected chi connectivity index (χ0v) is 9.76. The summed E-state index contributed by atoms with van der Waals surface area (Å²) >= 11 is 0. The Kier molecular flexibility index (Phi) is 4.49. The fraction of sp³-hybridized carbons (Fsp3) is 0.600. The van der Waals surface area contributed by atoms with Gasteiger partial charge in [0.25, 0.3) is 0 Å². The number of hydrogen-bond donors (Lipinski definition) is 1. The van der Waals surface area contributed by atoms with Gasteiger partial charge in [-0.1, -0.05) is 37.5 Å². The van der Waals surface area contributed by atoms with Crippen LogP contribution in [0.25, 0.3) is 0 Å². The van der Waals surface area contributed by atoms with E-state index < -0.39 is 8.07 Å². The number of allylic oxidation sites excluding steroid dienone is 1. The minimum Gasteiger partial charge on any atom is -0.385 e. The van der Waals surface area contributed by atoms with E-state index in [1.807, 2.05) is 26.0 Å². The van der Waals surface area contributed by atoms with Crippen LogP contribution >= 0.6 is 0 Å². The first-order valence-corrected chi connectivity index (χ1v) is 7.95. The highest BCUT2D eigenvalue weighted by molar-refractivity contribution is 6.80. The summed E-state index contributed by atoms with van der Waals surface area (Å²) < 4.78 is 0. The van der Waals surface area contributed by atoms with Crippen molar-refractivity contribution in [2.75, 3.05) is 0 Å². The normalized spacial score (nSPS) is 17.0. The van der Waals surface area contributed by atoms with Crippen molar-refractivity contribution in [3.8, 4) is 0 Å². The second-order valence-corrected chi connectivity index (χ2v) is 9.27. The van der Waals surface area contributed by atoms with Crippen molar-refractivity contribution < 1.29 is 5.11 Å². The molecule has 0 saturated heterocycles. The second kappa shape index (κ2) is 4.63. The molecule has 12 heavy (non-hydrogen) atoms. The molecule has 0 spiro atoms. The SMILES string of the molecule is C/C=C(/C)C(O)/C=C/[Si](C)(C)C. The van der Waals surface area contributed by atoms with Crippen LogP contribution in [0.3, 0.4) is 0 Å². The number of aliphatic hydroxyl groups is 1. The Labute approximate surface area is 76.8 Å². The summed E-state index contributed by atoms with van der Waals surface area (Å²) in [4.78, 5) is 0. The largest absolute Gasteiger partial charge is 0.385 e. The topological polar surface area (TPSA) is 20.2 Å². The summed E-state index contributed by atoms with van der Waals surface area (Å²) in [6.45, 7) is 10.6. The summed E-state index contributed by atoms with van der Waals surface area (Å²) in [5, 5.41) is 9.55. The summed E-state index contributed by atoms with van der Waals surface area (Å²) in [6.07, 6.45) is 3.46. The third-order valence-electron chi connectivity index (χ3n) is 1.70. The lowest BCUT2D eigenvalue weighted by molar-refractivity contribution is 0.259. The third kappa shape index (κ3) is 5.33. The van der Waals surface area contributed by atoms with Gasteiger partial charge in [0, 0.05) is 0 Å². The molecule has 1 nitrogen and oxygen atoms in total. The van der Waals surface area contributed by atoms with E-state index in [9.17, 15) is 5.11 Å². The van der Waals surface area contributed by atoms with E-state index in [1.54, 1.807) is 0 Å². The highest BCUT2D eigenvalue weighted by Gasteiger charge is 2.08. The van der Waals surface area contributed by atoms with Gasteiger partial charge in [-0.15, -0.1) is 0 Å². The van der Waals surface area contributed by atoms with Gasteiger partial charge in [-0.2, -0.15) is 0 Å². The zero-order chi connectivity index (χ0) is 9.78. The molecule has 1 N–H and O–H groups in total. The van der Waals surface area contributed by atoms with Gasteiger partial charge in [0.15, 0.2) is 0 Å². The van der Waals surface area contributed by atoms with Gasteiger partial charge < -0.3 is 5.11 Å². The van der Waals surface area contributed by atoms with Crippen molar-refractivity contribution in [3.63, 3.8) is 0 Å². The quantitative estimate of drug-likeness (QED) is 0.528. The molecule has 0 rings (SSSR count). The Balaban J connectivity index is 4.18. The summed E-state index contributed by atoms with van der Waals surface area (Å²) in [6, 6.07) is 0. The van der Waals surface area contributed by atoms with Crippen LogP contribution in [0.2, 0.25) is 19.6 Å². The van der Waals surface area contributed by atoms with E-state index in [0.29, 0.717) is 0 Å². The maximum atomic E-state index is 9.55. The van der Waals surface area contributed by atoms with Crippen molar-refractivity contribution in [2.45, 2.75) is 39.6 Å². The fourth-order valence-electron chi connectivity index (χ4n) is 0.702. The molecule has 0 aromatic rings. The van der Waals surface area contributed by atoms with Crippen LogP contribution in [0.1, 0.15) is 13.8 Å². The Morgan fingerprint density at radius 2 is 1.83 bits per heavy atom. The average Bonchev–Trinajstić information content (AvgIpc) is 1.97. The fourth-order valence-corrected chi connectivity index (χ4v) is 1.46. The molecule has 1 unspecified atom stereocenters. The lowest BCUT2D eigenvalue weighted by Crippen LogP contribution is -2.17. The van der Waals surface area contributed by atoms with Gasteiger partial charge in [-0.3, -0.25) is 0 Å². The van der Waals surface area contributed by atoms with E-state index >= 15 is 0 Å². The smallest absolute Gasteiger partial charge is 0.0925 e. The Morgan fingerprint density at radius 1 is 1.33 bits per heavy atom. The first-order chi connectivity index (χ1) is 5.37. The van der Waals surface area contributed by atoms with Gasteiger partial charge in [-0.25, -0.2) is 0 Å². The van der Waals surface area contributed by atoms with Crippen molar-refractivity contribution in [1.29, 1.82) is 0 Å². The molecule has 1 atom stereocenters. The molecule has 0 aromatic heterocycles. The van der Waals surface area contributed by atoms with E-state index in [0.717, 1.165) is 5.57 Å². The molecular weight excluding hydrogens is 164 g/mol. The molecule has 0 aliphatic rings. The predicted molar refractivity (Wildman–Crippen MR) is 57.9 cm³/mol. The molecule has 0 bridgehead atoms. The first-order valence-electron chi connectivity index (χ1n) is 4.37. The van der Waals surface area contributed by atoms with Crippen molar-refractivity contribution in [1.82, 2.24) is 0 Å². The molecule has 0 amide bonds. The van der Waals surface area contributed by atoms with E-state index in [4.69, 9.17) is 0 Å². The standard InChI is InChI=1S/C10H20OSi/c1-6-9(2)10(11)7-8-12(3,4)5/h6-8,10-11H,1-5H3/b8-7+,9-6-. The first kappa shape index (κ1) is 11.7. The molecule has 0 fully saturated rings. The zero-order valence-electron chi connectivity index (χ0n) is 8.76. The highest BCUT2D eigenvalue weighted by Crippen LogP contribution is 2.07. The second-order valence-electron chi connectivity index (χ2n) is 4.20. The minimum absolute atomic E-state index is 0.387. The van der Waals surface area contributed by atoms with Crippen molar-refractivity contribution in [3.05, 3.63) is 23.4 Å². The summed E-state index contributed by atoms with van der Waals surface area (Å²) in [5.41, 5.74) is 3.19. The molecule has 0 aromatic carbocycles. The van der Waals surface area contributed by atoms with Crippen LogP contribution in [0.5, 0.6) is 0 Å². The highest BCUT2D eigenvalue weighted by atomic mass is 28.3. The van der Waals surface area contributed by atoms with Gasteiger partial charge >= 0.3 is 0 Å².